The highest BCUT2D eigenvalue weighted by atomic mass is 35.5. The molecular weight excluding hydrogens is 278 g/mol. The van der Waals surface area contributed by atoms with Crippen molar-refractivity contribution in [1.29, 1.82) is 0 Å². The summed E-state index contributed by atoms with van der Waals surface area (Å²) < 4.78 is 0. The zero-order valence-electron chi connectivity index (χ0n) is 12.6. The molecule has 0 aliphatic heterocycles. The second-order valence-electron chi connectivity index (χ2n) is 6.22. The fourth-order valence-electron chi connectivity index (χ4n) is 3.15. The molecule has 1 aliphatic carbocycles. The van der Waals surface area contributed by atoms with Crippen LogP contribution in [0.4, 0.5) is 0 Å². The fraction of sp³-hybridized carbons (Fsp3) is 0.368. The van der Waals surface area contributed by atoms with Crippen LogP contribution in [0.25, 0.3) is 0 Å². The largest absolute Gasteiger partial charge is 0.307 e. The van der Waals surface area contributed by atoms with E-state index in [0.717, 1.165) is 5.02 Å². The maximum Gasteiger partial charge on any atom is 0.0406 e. The van der Waals surface area contributed by atoms with Crippen molar-refractivity contribution in [3.05, 3.63) is 70.2 Å². The third-order valence-electron chi connectivity index (χ3n) is 4.51. The van der Waals surface area contributed by atoms with Crippen LogP contribution in [0.15, 0.2) is 48.5 Å². The van der Waals surface area contributed by atoms with E-state index in [9.17, 15) is 0 Å². The molecule has 2 aromatic rings. The highest BCUT2D eigenvalue weighted by molar-refractivity contribution is 6.30. The molecule has 0 heterocycles. The van der Waals surface area contributed by atoms with Gasteiger partial charge in [-0.15, -0.1) is 0 Å². The normalized spacial score (nSPS) is 22.6. The second-order valence-corrected chi connectivity index (χ2v) is 6.66. The zero-order valence-corrected chi connectivity index (χ0v) is 13.4. The topological polar surface area (TPSA) is 12.0 Å². The number of aryl methyl sites for hydroxylation is 1. The van der Waals surface area contributed by atoms with Gasteiger partial charge < -0.3 is 5.32 Å². The van der Waals surface area contributed by atoms with Crippen LogP contribution in [0.5, 0.6) is 0 Å². The summed E-state index contributed by atoms with van der Waals surface area (Å²) in [5.74, 6) is 0.685. The minimum Gasteiger partial charge on any atom is -0.307 e. The van der Waals surface area contributed by atoms with E-state index >= 15 is 0 Å². The Balaban J connectivity index is 1.54. The molecular formula is C19H22ClN. The first-order valence-electron chi connectivity index (χ1n) is 7.70. The van der Waals surface area contributed by atoms with Crippen molar-refractivity contribution in [2.45, 2.75) is 44.7 Å². The van der Waals surface area contributed by atoms with E-state index < -0.39 is 0 Å². The average Bonchev–Trinajstić information content (AvgIpc) is 2.43. The highest BCUT2D eigenvalue weighted by Gasteiger charge is 2.30. The Bertz CT molecular complexity index is 599. The van der Waals surface area contributed by atoms with Gasteiger partial charge in [0.25, 0.3) is 0 Å². The van der Waals surface area contributed by atoms with Crippen LogP contribution in [0.3, 0.4) is 0 Å². The van der Waals surface area contributed by atoms with Crippen LogP contribution < -0.4 is 5.32 Å². The molecule has 0 radical (unpaired) electrons. The summed E-state index contributed by atoms with van der Waals surface area (Å²) in [7, 11) is 0. The molecule has 0 saturated heterocycles. The van der Waals surface area contributed by atoms with Crippen molar-refractivity contribution in [3.63, 3.8) is 0 Å². The first kappa shape index (κ1) is 14.6. The summed E-state index contributed by atoms with van der Waals surface area (Å²) >= 11 is 5.94. The predicted molar refractivity (Wildman–Crippen MR) is 89.9 cm³/mol. The lowest BCUT2D eigenvalue weighted by Crippen LogP contribution is -2.41. The number of halogens is 1. The van der Waals surface area contributed by atoms with Crippen LogP contribution in [-0.2, 0) is 0 Å². The molecule has 1 atom stereocenters. The van der Waals surface area contributed by atoms with Crippen LogP contribution >= 0.6 is 11.6 Å². The first-order valence-corrected chi connectivity index (χ1v) is 8.07. The van der Waals surface area contributed by atoms with Gasteiger partial charge in [0.05, 0.1) is 0 Å². The van der Waals surface area contributed by atoms with Gasteiger partial charge in [-0.1, -0.05) is 53.6 Å². The molecule has 2 heteroatoms. The molecule has 1 aliphatic rings. The smallest absolute Gasteiger partial charge is 0.0406 e. The van der Waals surface area contributed by atoms with Gasteiger partial charge in [-0.05, 0) is 55.9 Å². The quantitative estimate of drug-likeness (QED) is 0.813. The van der Waals surface area contributed by atoms with Gasteiger partial charge in [0.15, 0.2) is 0 Å². The van der Waals surface area contributed by atoms with Crippen molar-refractivity contribution >= 4 is 11.6 Å². The number of hydrogen-bond acceptors (Lipinski definition) is 1. The molecule has 0 aromatic heterocycles. The molecule has 3 rings (SSSR count). The fourth-order valence-corrected chi connectivity index (χ4v) is 3.28. The Morgan fingerprint density at radius 1 is 1.10 bits per heavy atom. The summed E-state index contributed by atoms with van der Waals surface area (Å²) in [6.07, 6.45) is 2.44. The Hall–Kier alpha value is -1.31. The Kier molecular flexibility index (Phi) is 4.32. The summed E-state index contributed by atoms with van der Waals surface area (Å²) in [6.45, 7) is 4.40. The molecule has 110 valence electrons. The van der Waals surface area contributed by atoms with Gasteiger partial charge in [0.1, 0.15) is 0 Å². The number of nitrogens with one attached hydrogen (secondary N) is 1. The van der Waals surface area contributed by atoms with E-state index in [0.29, 0.717) is 18.0 Å². The molecule has 1 fully saturated rings. The summed E-state index contributed by atoms with van der Waals surface area (Å²) in [5.41, 5.74) is 4.12. The Morgan fingerprint density at radius 2 is 1.81 bits per heavy atom. The molecule has 1 nitrogen and oxygen atoms in total. The van der Waals surface area contributed by atoms with Crippen LogP contribution in [0.1, 0.15) is 48.4 Å². The molecule has 21 heavy (non-hydrogen) atoms. The molecule has 0 unspecified atom stereocenters. The van der Waals surface area contributed by atoms with Crippen LogP contribution in [0, 0.1) is 6.92 Å². The van der Waals surface area contributed by atoms with Crippen molar-refractivity contribution in [2.24, 2.45) is 0 Å². The number of rotatable bonds is 4. The van der Waals surface area contributed by atoms with E-state index in [1.165, 1.54) is 29.5 Å². The molecule has 1 saturated carbocycles. The minimum atomic E-state index is 0.418. The van der Waals surface area contributed by atoms with Gasteiger partial charge in [-0.25, -0.2) is 0 Å². The molecule has 0 amide bonds. The third kappa shape index (κ3) is 3.48. The summed E-state index contributed by atoms with van der Waals surface area (Å²) in [6, 6.07) is 18.1. The van der Waals surface area contributed by atoms with Gasteiger partial charge in [0.2, 0.25) is 0 Å². The van der Waals surface area contributed by atoms with Crippen molar-refractivity contribution in [2.75, 3.05) is 0 Å². The first-order chi connectivity index (χ1) is 10.1. The standard InChI is InChI=1S/C19H22ClN/c1-13-4-3-5-16(10-13)14(2)21-19-11-17(12-19)15-6-8-18(20)9-7-15/h3-10,14,17,19,21H,11-12H2,1-2H3/t14-,17?,19?/m0/s1. The van der Waals surface area contributed by atoms with Crippen LogP contribution in [0.2, 0.25) is 5.02 Å². The lowest BCUT2D eigenvalue weighted by Gasteiger charge is -2.38. The average molecular weight is 300 g/mol. The van der Waals surface area contributed by atoms with E-state index in [4.69, 9.17) is 11.6 Å². The lowest BCUT2D eigenvalue weighted by molar-refractivity contribution is 0.271. The molecule has 0 bridgehead atoms. The maximum atomic E-state index is 5.94. The van der Waals surface area contributed by atoms with Crippen molar-refractivity contribution in [3.8, 4) is 0 Å². The van der Waals surface area contributed by atoms with E-state index in [1.807, 2.05) is 12.1 Å². The van der Waals surface area contributed by atoms with Gasteiger partial charge in [-0.2, -0.15) is 0 Å². The van der Waals surface area contributed by atoms with Crippen molar-refractivity contribution < 1.29 is 0 Å². The van der Waals surface area contributed by atoms with Gasteiger partial charge >= 0.3 is 0 Å². The highest BCUT2D eigenvalue weighted by Crippen LogP contribution is 2.38. The van der Waals surface area contributed by atoms with Gasteiger partial charge in [0, 0.05) is 17.1 Å². The second kappa shape index (κ2) is 6.21. The third-order valence-corrected chi connectivity index (χ3v) is 4.76. The number of hydrogen-bond donors (Lipinski definition) is 1. The Morgan fingerprint density at radius 3 is 2.48 bits per heavy atom. The van der Waals surface area contributed by atoms with E-state index in [1.54, 1.807) is 0 Å². The minimum absolute atomic E-state index is 0.418. The monoisotopic (exact) mass is 299 g/mol. The summed E-state index contributed by atoms with van der Waals surface area (Å²) in [4.78, 5) is 0. The maximum absolute atomic E-state index is 5.94. The van der Waals surface area contributed by atoms with E-state index in [2.05, 4.69) is 55.6 Å². The molecule has 1 N–H and O–H groups in total. The molecule has 0 spiro atoms. The predicted octanol–water partition coefficient (Wildman–Crippen LogP) is 5.25. The summed E-state index contributed by atoms with van der Waals surface area (Å²) in [5, 5.41) is 4.57. The van der Waals surface area contributed by atoms with Crippen LogP contribution in [-0.4, -0.2) is 6.04 Å². The Labute approximate surface area is 132 Å². The van der Waals surface area contributed by atoms with Gasteiger partial charge in [-0.3, -0.25) is 0 Å². The van der Waals surface area contributed by atoms with Crippen molar-refractivity contribution in [1.82, 2.24) is 5.32 Å². The zero-order chi connectivity index (χ0) is 14.8. The lowest BCUT2D eigenvalue weighted by atomic mass is 9.75. The SMILES string of the molecule is Cc1cccc([C@H](C)NC2CC(c3ccc(Cl)cc3)C2)c1. The van der Waals surface area contributed by atoms with E-state index in [-0.39, 0.29) is 0 Å². The molecule has 2 aromatic carbocycles. The number of benzene rings is 2.